The van der Waals surface area contributed by atoms with Gasteiger partial charge >= 0.3 is 0 Å². The highest BCUT2D eigenvalue weighted by Gasteiger charge is 1.94. The van der Waals surface area contributed by atoms with E-state index in [-0.39, 0.29) is 54.1 Å². The lowest BCUT2D eigenvalue weighted by Gasteiger charge is -2.04. The summed E-state index contributed by atoms with van der Waals surface area (Å²) < 4.78 is 0. The third-order valence-electron chi connectivity index (χ3n) is 4.63. The zero-order chi connectivity index (χ0) is 16.1. The molecule has 0 saturated carbocycles. The molecule has 0 atom stereocenters. The minimum atomic E-state index is 0. The van der Waals surface area contributed by atoms with Gasteiger partial charge in [0.15, 0.2) is 0 Å². The molecule has 0 spiro atoms. The summed E-state index contributed by atoms with van der Waals surface area (Å²) in [5.74, 6) is 0. The maximum atomic E-state index is 3.48. The molecule has 25 heavy (non-hydrogen) atoms. The summed E-state index contributed by atoms with van der Waals surface area (Å²) in [6.45, 7) is 6.95. The number of nitrogens with one attached hydrogen (secondary N) is 1. The molecule has 0 aliphatic rings. The molecule has 0 rings (SSSR count). The summed E-state index contributed by atoms with van der Waals surface area (Å²) in [6.07, 6.45) is 24.6. The molecule has 0 aromatic rings. The smallest absolute Gasteiger partial charge is 0.00489 e. The van der Waals surface area contributed by atoms with E-state index < -0.39 is 0 Å². The summed E-state index contributed by atoms with van der Waals surface area (Å²) in [5, 5.41) is 3.48. The molecular weight excluding hydrogens is 534 g/mol. The predicted molar refractivity (Wildman–Crippen MR) is 139 cm³/mol. The molecule has 0 aliphatic heterocycles. The van der Waals surface area contributed by atoms with Gasteiger partial charge in [0, 0.05) is 0 Å². The molecule has 0 aromatic carbocycles. The van der Waals surface area contributed by atoms with Gasteiger partial charge in [-0.2, -0.15) is 0 Å². The lowest BCUT2D eigenvalue weighted by molar-refractivity contribution is 0.525. The average Bonchev–Trinajstić information content (AvgIpc) is 2.54. The van der Waals surface area contributed by atoms with Crippen LogP contribution in [0.2, 0.25) is 0 Å². The molecule has 0 bridgehead atoms. The Balaban J connectivity index is -0.000000735. The summed E-state index contributed by atoms with van der Waals surface area (Å²) in [6, 6.07) is 0. The van der Waals surface area contributed by atoms with E-state index in [2.05, 4.69) is 19.2 Å². The topological polar surface area (TPSA) is 47.0 Å². The Hall–Kier alpha value is 1.38. The van der Waals surface area contributed by atoms with Gasteiger partial charge in [-0.25, -0.2) is 0 Å². The molecule has 0 aromatic heterocycles. The fourth-order valence-corrected chi connectivity index (χ4v) is 3.10. The number of hydrogen-bond donors (Lipinski definition) is 2. The van der Waals surface area contributed by atoms with Gasteiger partial charge in [0.05, 0.1) is 0 Å². The van der Waals surface area contributed by atoms with Crippen molar-refractivity contribution in [3.63, 3.8) is 0 Å². The minimum Gasteiger partial charge on any atom is -0.344 e. The van der Waals surface area contributed by atoms with Crippen molar-refractivity contribution in [2.45, 2.75) is 123 Å². The maximum Gasteiger partial charge on any atom is -0.00489 e. The predicted octanol–water partition coefficient (Wildman–Crippen LogP) is 8.65. The second-order valence-corrected chi connectivity index (χ2v) is 7.05. The van der Waals surface area contributed by atoms with E-state index in [0.29, 0.717) is 0 Å². The van der Waals surface area contributed by atoms with Crippen LogP contribution in [-0.2, 0) is 0 Å². The van der Waals surface area contributed by atoms with Crippen LogP contribution in [0.3, 0.4) is 0 Å². The quantitative estimate of drug-likeness (QED) is 0.118. The van der Waals surface area contributed by atoms with E-state index in [9.17, 15) is 0 Å². The van der Waals surface area contributed by atoms with Crippen molar-refractivity contribution in [1.82, 2.24) is 11.5 Å². The fraction of sp³-hybridized carbons (Fsp3) is 1.00. The zero-order valence-electron chi connectivity index (χ0n) is 17.5. The van der Waals surface area contributed by atoms with Crippen molar-refractivity contribution in [2.24, 2.45) is 0 Å². The van der Waals surface area contributed by atoms with Crippen LogP contribution >= 0.6 is 48.0 Å². The second-order valence-electron chi connectivity index (χ2n) is 7.05. The molecule has 0 unspecified atom stereocenters. The van der Waals surface area contributed by atoms with Crippen LogP contribution in [0.1, 0.15) is 123 Å². The van der Waals surface area contributed by atoms with Crippen molar-refractivity contribution in [2.75, 3.05) is 13.1 Å². The highest BCUT2D eigenvalue weighted by molar-refractivity contribution is 14.0. The van der Waals surface area contributed by atoms with E-state index in [1.54, 1.807) is 0 Å². The first-order valence-electron chi connectivity index (χ1n) is 10.6. The van der Waals surface area contributed by atoms with Crippen LogP contribution < -0.4 is 11.5 Å². The third kappa shape index (κ3) is 33.4. The Kier molecular flexibility index (Phi) is 44.8. The van der Waals surface area contributed by atoms with Crippen molar-refractivity contribution in [3.8, 4) is 0 Å². The Labute approximate surface area is 194 Å². The number of hydrogen-bond acceptors (Lipinski definition) is 2. The molecule has 0 heterocycles. The van der Waals surface area contributed by atoms with Gasteiger partial charge in [0.1, 0.15) is 0 Å². The number of halogens is 2. The maximum absolute atomic E-state index is 3.48. The Morgan fingerprint density at radius 2 is 0.720 bits per heavy atom. The van der Waals surface area contributed by atoms with E-state index in [0.717, 1.165) is 0 Å². The molecule has 0 fully saturated rings. The molecule has 158 valence electrons. The highest BCUT2D eigenvalue weighted by Crippen LogP contribution is 2.13. The van der Waals surface area contributed by atoms with Crippen LogP contribution in [0.4, 0.5) is 0 Å². The van der Waals surface area contributed by atoms with Gasteiger partial charge in [0.25, 0.3) is 0 Å². The molecule has 0 amide bonds. The molecule has 0 radical (unpaired) electrons. The van der Waals surface area contributed by atoms with Crippen LogP contribution in [0, 0.1) is 0 Å². The Bertz CT molecular complexity index is 173. The van der Waals surface area contributed by atoms with Crippen molar-refractivity contribution in [1.29, 1.82) is 0 Å². The van der Waals surface area contributed by atoms with E-state index >= 15 is 0 Å². The Morgan fingerprint density at radius 1 is 0.400 bits per heavy atom. The summed E-state index contributed by atoms with van der Waals surface area (Å²) >= 11 is 0. The van der Waals surface area contributed by atoms with Crippen LogP contribution in [0.15, 0.2) is 0 Å². The van der Waals surface area contributed by atoms with Crippen LogP contribution in [0.5, 0.6) is 0 Å². The van der Waals surface area contributed by atoms with Crippen molar-refractivity contribution >= 4 is 48.0 Å². The first-order valence-corrected chi connectivity index (χ1v) is 10.6. The first-order chi connectivity index (χ1) is 10.9. The lowest BCUT2D eigenvalue weighted by Crippen LogP contribution is -2.15. The van der Waals surface area contributed by atoms with Gasteiger partial charge in [-0.3, -0.25) is 0 Å². The van der Waals surface area contributed by atoms with Gasteiger partial charge < -0.3 is 11.5 Å². The highest BCUT2D eigenvalue weighted by atomic mass is 127. The van der Waals surface area contributed by atoms with E-state index in [1.807, 2.05) is 0 Å². The molecule has 4 N–H and O–H groups in total. The van der Waals surface area contributed by atoms with Crippen molar-refractivity contribution < 1.29 is 0 Å². The van der Waals surface area contributed by atoms with Gasteiger partial charge in [-0.15, -0.1) is 48.0 Å². The SMILES string of the molecule is CCCCCCCCCCCCCCCCCCNCCC.I.I.N. The number of unbranched alkanes of at least 4 members (excludes halogenated alkanes) is 15. The van der Waals surface area contributed by atoms with Crippen molar-refractivity contribution in [3.05, 3.63) is 0 Å². The van der Waals surface area contributed by atoms with Crippen LogP contribution in [-0.4, -0.2) is 13.1 Å². The normalized spacial score (nSPS) is 9.84. The van der Waals surface area contributed by atoms with E-state index in [4.69, 9.17) is 0 Å². The Morgan fingerprint density at radius 3 is 1.04 bits per heavy atom. The van der Waals surface area contributed by atoms with Gasteiger partial charge in [-0.05, 0) is 25.9 Å². The summed E-state index contributed by atoms with van der Waals surface area (Å²) in [5.41, 5.74) is 0. The first kappa shape index (κ1) is 33.9. The molecule has 0 saturated heterocycles. The molecule has 2 nitrogen and oxygen atoms in total. The second kappa shape index (κ2) is 33.0. The third-order valence-corrected chi connectivity index (χ3v) is 4.63. The summed E-state index contributed by atoms with van der Waals surface area (Å²) in [4.78, 5) is 0. The largest absolute Gasteiger partial charge is 0.344 e. The lowest BCUT2D eigenvalue weighted by atomic mass is 10.0. The fourth-order valence-electron chi connectivity index (χ4n) is 3.10. The molecule has 4 heteroatoms. The monoisotopic (exact) mass is 584 g/mol. The average molecular weight is 584 g/mol. The standard InChI is InChI=1S/C21H45N.2HI.H3N/c1-3-5-6-7-8-9-10-11-12-13-14-15-16-17-18-19-21-22-20-4-2;;;/h22H,3-21H2,1-2H3;2*1H;1H3. The summed E-state index contributed by atoms with van der Waals surface area (Å²) in [7, 11) is 0. The molecule has 0 aliphatic carbocycles. The van der Waals surface area contributed by atoms with E-state index in [1.165, 1.54) is 122 Å². The van der Waals surface area contributed by atoms with Gasteiger partial charge in [0.2, 0.25) is 0 Å². The zero-order valence-corrected chi connectivity index (χ0v) is 22.1. The van der Waals surface area contributed by atoms with Gasteiger partial charge in [-0.1, -0.05) is 110 Å². The minimum absolute atomic E-state index is 0. The number of rotatable bonds is 19. The van der Waals surface area contributed by atoms with Crippen LogP contribution in [0.25, 0.3) is 0 Å². The molecular formula is C21H50I2N2.